The fourth-order valence-electron chi connectivity index (χ4n) is 1.15. The third-order valence-corrected chi connectivity index (χ3v) is 4.11. The van der Waals surface area contributed by atoms with Crippen LogP contribution >= 0.6 is 0 Å². The molecular formula is C20H15AsFe2O6Se. The molecule has 0 heterocycles. The van der Waals surface area contributed by atoms with Crippen LogP contribution in [-0.2, 0) is 62.1 Å². The summed E-state index contributed by atoms with van der Waals surface area (Å²) < 4.78 is 47.9. The summed E-state index contributed by atoms with van der Waals surface area (Å²) in [5, 5.41) is 1.12. The maximum absolute atomic E-state index is 7.50. The zero-order valence-corrected chi connectivity index (χ0v) is 21.3. The Balaban J connectivity index is -0.0000000408. The van der Waals surface area contributed by atoms with Gasteiger partial charge >= 0.3 is 181 Å². The molecule has 0 fully saturated rings. The fourth-order valence-corrected chi connectivity index (χ4v) is 3.13. The molecule has 0 bridgehead atoms. The van der Waals surface area contributed by atoms with E-state index in [1.54, 1.807) is 0 Å². The molecular weight excluding hydrogens is 602 g/mol. The monoisotopic (exact) mass is 618 g/mol. The zero-order chi connectivity index (χ0) is 23.6. The van der Waals surface area contributed by atoms with Crippen molar-refractivity contribution in [3.8, 4) is 0 Å². The van der Waals surface area contributed by atoms with Crippen molar-refractivity contribution in [3.05, 3.63) is 101 Å². The summed E-state index contributed by atoms with van der Waals surface area (Å²) in [7, 11) is 0. The van der Waals surface area contributed by atoms with Crippen molar-refractivity contribution in [3.63, 3.8) is 0 Å². The van der Waals surface area contributed by atoms with Crippen LogP contribution in [0.1, 0.15) is 6.92 Å². The Morgan fingerprint density at radius 2 is 0.733 bits per heavy atom. The first kappa shape index (κ1) is 51.6. The van der Waals surface area contributed by atoms with E-state index in [0.29, 0.717) is 0 Å². The number of hydrogen-bond donors (Lipinski definition) is 0. The van der Waals surface area contributed by atoms with Crippen LogP contribution in [0.25, 0.3) is 0 Å². The van der Waals surface area contributed by atoms with E-state index in [4.69, 9.17) is 27.9 Å². The van der Waals surface area contributed by atoms with E-state index in [2.05, 4.69) is 124 Å². The van der Waals surface area contributed by atoms with Gasteiger partial charge in [-0.15, -0.1) is 0 Å². The van der Waals surface area contributed by atoms with E-state index in [1.165, 1.54) is 8.70 Å². The van der Waals surface area contributed by atoms with Crippen molar-refractivity contribution in [2.75, 3.05) is 0 Å². The molecule has 0 amide bonds. The minimum atomic E-state index is 0. The molecule has 10 heteroatoms. The maximum atomic E-state index is 7.50. The molecule has 2 aromatic rings. The van der Waals surface area contributed by atoms with Crippen LogP contribution in [0.3, 0.4) is 0 Å². The molecule has 30 heavy (non-hydrogen) atoms. The van der Waals surface area contributed by atoms with Gasteiger partial charge in [0.05, 0.1) is 0 Å². The Morgan fingerprint density at radius 1 is 0.567 bits per heavy atom. The van der Waals surface area contributed by atoms with Crippen LogP contribution in [0.4, 0.5) is 0 Å². The first-order valence-electron chi connectivity index (χ1n) is 6.49. The number of rotatable bonds is 2. The van der Waals surface area contributed by atoms with Crippen molar-refractivity contribution < 1.29 is 62.1 Å². The Bertz CT molecular complexity index is 546. The van der Waals surface area contributed by atoms with Crippen LogP contribution in [-0.4, -0.2) is 31.8 Å². The molecule has 0 aromatic heterocycles. The quantitative estimate of drug-likeness (QED) is 0.277. The normalized spacial score (nSPS) is 5.27. The molecule has 158 valence electrons. The van der Waals surface area contributed by atoms with Gasteiger partial charge in [-0.3, -0.25) is 0 Å². The summed E-state index contributed by atoms with van der Waals surface area (Å²) in [6.45, 7) is 29.1. The van der Waals surface area contributed by atoms with Crippen LogP contribution in [0.15, 0.2) is 60.7 Å². The average Bonchev–Trinajstić information content (AvgIpc) is 2.84. The van der Waals surface area contributed by atoms with Gasteiger partial charge in [-0.2, -0.15) is 0 Å². The van der Waals surface area contributed by atoms with Gasteiger partial charge in [0.1, 0.15) is 0 Å². The molecule has 6 nitrogen and oxygen atoms in total. The third-order valence-electron chi connectivity index (χ3n) is 1.77. The number of benzene rings is 2. The third kappa shape index (κ3) is 50.6. The summed E-state index contributed by atoms with van der Waals surface area (Å²) in [5.41, 5.74) is 0. The van der Waals surface area contributed by atoms with Gasteiger partial charge in [-0.05, 0) is 0 Å². The second-order valence-electron chi connectivity index (χ2n) is 3.07. The Morgan fingerprint density at radius 3 is 0.900 bits per heavy atom. The van der Waals surface area contributed by atoms with E-state index < -0.39 is 0 Å². The molecule has 2 rings (SSSR count). The Labute approximate surface area is 214 Å². The minimum absolute atomic E-state index is 0. The predicted octanol–water partition coefficient (Wildman–Crippen LogP) is 1.70. The molecule has 0 atom stereocenters. The summed E-state index contributed by atoms with van der Waals surface area (Å²) in [5.74, 6) is 0. The molecule has 0 aliphatic heterocycles. The standard InChI is InChI=1S/C12H10As.C2H5Se.6CO.2Fe/c1-3-7-11(8-4-1)13-12-9-5-2-6-10-12;1-2-3;6*1-2;;/h1-10H;2H2,1H3;;;;;;;;. The van der Waals surface area contributed by atoms with Crippen molar-refractivity contribution in [2.24, 2.45) is 0 Å². The fraction of sp³-hybridized carbons (Fsp3) is 0.100. The first-order chi connectivity index (χ1) is 13.9. The van der Waals surface area contributed by atoms with Crippen LogP contribution in [0.5, 0.6) is 0 Å². The molecule has 0 aliphatic rings. The molecule has 0 unspecified atom stereocenters. The van der Waals surface area contributed by atoms with E-state index in [-0.39, 0.29) is 49.9 Å². The van der Waals surface area contributed by atoms with Crippen molar-refractivity contribution in [1.82, 2.24) is 0 Å². The van der Waals surface area contributed by atoms with Crippen LogP contribution in [0, 0.1) is 39.9 Å². The van der Waals surface area contributed by atoms with Crippen molar-refractivity contribution in [2.45, 2.75) is 12.2 Å². The molecule has 0 saturated carbocycles. The zero-order valence-electron chi connectivity index (χ0n) is 15.5. The van der Waals surface area contributed by atoms with Gasteiger partial charge in [-0.25, -0.2) is 0 Å². The van der Waals surface area contributed by atoms with Crippen molar-refractivity contribution >= 4 is 40.5 Å². The van der Waals surface area contributed by atoms with Crippen LogP contribution < -0.4 is 8.70 Å². The molecule has 0 saturated heterocycles. The Kier molecular flexibility index (Phi) is 121. The second kappa shape index (κ2) is 70.6. The van der Waals surface area contributed by atoms with Gasteiger partial charge in [0, 0.05) is 34.1 Å². The van der Waals surface area contributed by atoms with Gasteiger partial charge in [0.15, 0.2) is 0 Å². The molecule has 0 N–H and O–H groups in total. The van der Waals surface area contributed by atoms with Crippen molar-refractivity contribution in [1.29, 1.82) is 0 Å². The SMILES string of the molecule is CC[Se].[C-]#[O+].[C-]#[O+].[C-]#[O+].[C-]#[O+].[C-]#[O+].[C-]#[O+].[Fe].[Fe].c1ccc([As]c2ccccc2)cc1. The molecule has 2 aromatic carbocycles. The molecule has 2 radical (unpaired) electrons. The van der Waals surface area contributed by atoms with Crippen LogP contribution in [0.2, 0.25) is 5.32 Å². The summed E-state index contributed by atoms with van der Waals surface area (Å²) >= 11 is 2.98. The Hall–Kier alpha value is -1.00. The molecule has 0 aliphatic carbocycles. The van der Waals surface area contributed by atoms with Gasteiger partial charge in [0.2, 0.25) is 0 Å². The van der Waals surface area contributed by atoms with Gasteiger partial charge < -0.3 is 0 Å². The summed E-state index contributed by atoms with van der Waals surface area (Å²) in [4.78, 5) is 0. The summed E-state index contributed by atoms with van der Waals surface area (Å²) in [6, 6.07) is 21.4. The number of hydrogen-bond acceptors (Lipinski definition) is 0. The first-order valence-corrected chi connectivity index (χ1v) is 9.58. The van der Waals surface area contributed by atoms with E-state index >= 15 is 0 Å². The average molecular weight is 617 g/mol. The van der Waals surface area contributed by atoms with Gasteiger partial charge in [-0.1, -0.05) is 0 Å². The van der Waals surface area contributed by atoms with E-state index in [0.717, 1.165) is 5.32 Å². The van der Waals surface area contributed by atoms with E-state index in [1.807, 2.05) is 0 Å². The molecule has 0 spiro atoms. The second-order valence-corrected chi connectivity index (χ2v) is 6.92. The summed E-state index contributed by atoms with van der Waals surface area (Å²) in [6.07, 6.45) is 0. The topological polar surface area (TPSA) is 119 Å². The van der Waals surface area contributed by atoms with Gasteiger partial charge in [0.25, 0.3) is 0 Å². The predicted molar refractivity (Wildman–Crippen MR) is 97.7 cm³/mol. The van der Waals surface area contributed by atoms with E-state index in [9.17, 15) is 0 Å².